The number of nitrogens with two attached hydrogens (primary N) is 2. The number of hydrogen-bond acceptors (Lipinski definition) is 3. The van der Waals surface area contributed by atoms with Crippen molar-refractivity contribution < 1.29 is 37.2 Å². The molecule has 1 amide bonds. The van der Waals surface area contributed by atoms with E-state index >= 15 is 0 Å². The highest BCUT2D eigenvalue weighted by molar-refractivity contribution is 5.82. The fraction of sp³-hybridized carbons (Fsp3) is 0.471. The number of alkyl halides is 3. The van der Waals surface area contributed by atoms with Gasteiger partial charge >= 0.3 is 12.1 Å². The highest BCUT2D eigenvalue weighted by Gasteiger charge is 2.63. The topological polar surface area (TPSA) is 123 Å². The van der Waals surface area contributed by atoms with E-state index in [4.69, 9.17) is 21.4 Å². The number of halogens is 4. The summed E-state index contributed by atoms with van der Waals surface area (Å²) >= 11 is 0. The standard InChI is InChI=1S/C15H20FN3O.C2HF3O2/c1-4-8-7-9(5-6-10(8)16)11-12(15(11,2)3)13(20)19-14(17)18;3-2(4,5)1(6)7/h5-7,11-12H,4H2,1-3H3,(H4,17,18,19,20);(H,6,7)/t11-,12+;/m1./s1. The molecule has 10 heteroatoms. The highest BCUT2D eigenvalue weighted by atomic mass is 19.4. The average Bonchev–Trinajstić information content (AvgIpc) is 3.09. The number of rotatable bonds is 3. The summed E-state index contributed by atoms with van der Waals surface area (Å²) in [6.07, 6.45) is -4.56. The minimum absolute atomic E-state index is 0.0627. The van der Waals surface area contributed by atoms with Gasteiger partial charge in [-0.15, -0.1) is 0 Å². The summed E-state index contributed by atoms with van der Waals surface area (Å²) in [6, 6.07) is 5.08. The molecule has 0 heterocycles. The molecule has 27 heavy (non-hydrogen) atoms. The summed E-state index contributed by atoms with van der Waals surface area (Å²) in [6.45, 7) is 5.95. The van der Waals surface area contributed by atoms with Gasteiger partial charge in [-0.25, -0.2) is 9.38 Å². The van der Waals surface area contributed by atoms with Crippen molar-refractivity contribution in [2.45, 2.75) is 39.3 Å². The number of amides is 1. The lowest BCUT2D eigenvalue weighted by molar-refractivity contribution is -0.382. The van der Waals surface area contributed by atoms with Crippen LogP contribution in [0.2, 0.25) is 0 Å². The second-order valence-corrected chi connectivity index (χ2v) is 6.71. The lowest BCUT2D eigenvalue weighted by atomic mass is 10.00. The van der Waals surface area contributed by atoms with Gasteiger partial charge in [0.15, 0.2) is 0 Å². The Kier molecular flexibility index (Phi) is 6.58. The zero-order chi connectivity index (χ0) is 21.2. The van der Waals surface area contributed by atoms with Crippen molar-refractivity contribution in [3.05, 3.63) is 35.1 Å². The van der Waals surface area contributed by atoms with Crippen LogP contribution in [0.25, 0.3) is 0 Å². The SMILES string of the molecule is CCc1cc([C@@H]2[C@@H](C(=O)[NH+]=C(N)N)C2(C)C)ccc1F.O=C([O-])C(F)(F)F. The van der Waals surface area contributed by atoms with Crippen LogP contribution < -0.4 is 21.6 Å². The Hall–Kier alpha value is -2.65. The molecule has 1 saturated carbocycles. The van der Waals surface area contributed by atoms with Crippen LogP contribution in [0.15, 0.2) is 18.2 Å². The van der Waals surface area contributed by atoms with Crippen molar-refractivity contribution in [1.29, 1.82) is 0 Å². The summed E-state index contributed by atoms with van der Waals surface area (Å²) in [5.74, 6) is -3.61. The lowest BCUT2D eigenvalue weighted by Gasteiger charge is -2.06. The Morgan fingerprint density at radius 3 is 2.19 bits per heavy atom. The summed E-state index contributed by atoms with van der Waals surface area (Å²) in [4.78, 5) is 23.3. The highest BCUT2D eigenvalue weighted by Crippen LogP contribution is 2.64. The normalized spacial score (nSPS) is 20.1. The summed E-state index contributed by atoms with van der Waals surface area (Å²) < 4.78 is 45.1. The Labute approximate surface area is 153 Å². The second-order valence-electron chi connectivity index (χ2n) is 6.71. The van der Waals surface area contributed by atoms with Crippen LogP contribution in [0, 0.1) is 17.2 Å². The predicted molar refractivity (Wildman–Crippen MR) is 86.2 cm³/mol. The molecule has 1 aliphatic carbocycles. The molecule has 150 valence electrons. The number of carbonyl (C=O) groups is 2. The molecule has 0 aromatic heterocycles. The Morgan fingerprint density at radius 2 is 1.78 bits per heavy atom. The molecule has 0 unspecified atom stereocenters. The monoisotopic (exact) mass is 391 g/mol. The van der Waals surface area contributed by atoms with Gasteiger partial charge in [-0.05, 0) is 29.0 Å². The maximum Gasteiger partial charge on any atom is 0.430 e. The molecule has 0 saturated heterocycles. The Bertz CT molecular complexity index is 756. The Balaban J connectivity index is 0.000000445. The molecule has 2 atom stereocenters. The first kappa shape index (κ1) is 22.4. The maximum atomic E-state index is 13.6. The van der Waals surface area contributed by atoms with E-state index in [9.17, 15) is 22.4 Å². The van der Waals surface area contributed by atoms with Gasteiger partial charge in [0.1, 0.15) is 11.8 Å². The fourth-order valence-electron chi connectivity index (χ4n) is 3.03. The minimum atomic E-state index is -5.19. The van der Waals surface area contributed by atoms with Crippen molar-refractivity contribution in [1.82, 2.24) is 0 Å². The average molecular weight is 391 g/mol. The number of guanidine groups is 1. The largest absolute Gasteiger partial charge is 0.542 e. The predicted octanol–water partition coefficient (Wildman–Crippen LogP) is -0.693. The number of carboxylic acid groups (broad SMARTS) is 1. The van der Waals surface area contributed by atoms with Crippen LogP contribution >= 0.6 is 0 Å². The van der Waals surface area contributed by atoms with E-state index < -0.39 is 12.1 Å². The zero-order valence-electron chi connectivity index (χ0n) is 15.0. The number of hydrogen-bond donors (Lipinski definition) is 3. The van der Waals surface area contributed by atoms with Gasteiger partial charge < -0.3 is 9.90 Å². The van der Waals surface area contributed by atoms with Crippen LogP contribution in [0.1, 0.15) is 37.8 Å². The molecular formula is C17H21F4N3O3. The van der Waals surface area contributed by atoms with Gasteiger partial charge in [0, 0.05) is 5.92 Å². The summed E-state index contributed by atoms with van der Waals surface area (Å²) in [7, 11) is 0. The van der Waals surface area contributed by atoms with E-state index in [0.717, 1.165) is 5.56 Å². The molecule has 5 N–H and O–H groups in total. The first-order valence-electron chi connectivity index (χ1n) is 7.98. The third kappa shape index (κ3) is 5.41. The number of aryl methyl sites for hydroxylation is 1. The molecule has 6 nitrogen and oxygen atoms in total. The number of benzene rings is 1. The van der Waals surface area contributed by atoms with Gasteiger partial charge in [-0.1, -0.05) is 32.9 Å². The molecule has 1 fully saturated rings. The van der Waals surface area contributed by atoms with Crippen LogP contribution in [0.3, 0.4) is 0 Å². The molecule has 0 radical (unpaired) electrons. The molecule has 0 spiro atoms. The number of aliphatic carboxylic acids is 1. The number of carboxylic acids is 1. The Morgan fingerprint density at radius 1 is 1.26 bits per heavy atom. The molecule has 0 bridgehead atoms. The molecule has 1 aromatic rings. The molecular weight excluding hydrogens is 370 g/mol. The summed E-state index contributed by atoms with van der Waals surface area (Å²) in [5, 5.41) is 8.78. The number of nitrogens with one attached hydrogen (secondary N) is 1. The van der Waals surface area contributed by atoms with E-state index in [2.05, 4.69) is 4.99 Å². The fourth-order valence-corrected chi connectivity index (χ4v) is 3.03. The van der Waals surface area contributed by atoms with Crippen LogP contribution in [-0.2, 0) is 16.0 Å². The second kappa shape index (κ2) is 7.93. The van der Waals surface area contributed by atoms with Crippen LogP contribution in [0.4, 0.5) is 17.6 Å². The van der Waals surface area contributed by atoms with Crippen molar-refractivity contribution >= 4 is 17.8 Å². The van der Waals surface area contributed by atoms with E-state index in [-0.39, 0.29) is 34.9 Å². The van der Waals surface area contributed by atoms with Crippen molar-refractivity contribution in [3.8, 4) is 0 Å². The van der Waals surface area contributed by atoms with E-state index in [1.165, 1.54) is 6.07 Å². The zero-order valence-corrected chi connectivity index (χ0v) is 15.0. The first-order valence-corrected chi connectivity index (χ1v) is 7.98. The van der Waals surface area contributed by atoms with Gasteiger partial charge in [0.2, 0.25) is 0 Å². The minimum Gasteiger partial charge on any atom is -0.542 e. The third-order valence-electron chi connectivity index (χ3n) is 4.42. The van der Waals surface area contributed by atoms with Gasteiger partial charge in [-0.3, -0.25) is 16.3 Å². The summed E-state index contributed by atoms with van der Waals surface area (Å²) in [5.41, 5.74) is 12.1. The quantitative estimate of drug-likeness (QED) is 0.357. The molecule has 0 aliphatic heterocycles. The van der Waals surface area contributed by atoms with Crippen molar-refractivity contribution in [3.63, 3.8) is 0 Å². The van der Waals surface area contributed by atoms with Gasteiger partial charge in [0.05, 0.1) is 5.92 Å². The van der Waals surface area contributed by atoms with Crippen molar-refractivity contribution in [2.24, 2.45) is 22.8 Å². The third-order valence-corrected chi connectivity index (χ3v) is 4.42. The van der Waals surface area contributed by atoms with Crippen molar-refractivity contribution in [2.75, 3.05) is 0 Å². The maximum absolute atomic E-state index is 13.6. The lowest BCUT2D eigenvalue weighted by Crippen LogP contribution is -2.82. The number of carbonyl (C=O) groups excluding carboxylic acids is 2. The van der Waals surface area contributed by atoms with E-state index in [0.29, 0.717) is 12.0 Å². The van der Waals surface area contributed by atoms with Crippen LogP contribution in [0.5, 0.6) is 0 Å². The van der Waals surface area contributed by atoms with E-state index in [1.54, 1.807) is 6.07 Å². The van der Waals surface area contributed by atoms with E-state index in [1.807, 2.05) is 26.8 Å². The van der Waals surface area contributed by atoms with Gasteiger partial charge in [-0.2, -0.15) is 13.2 Å². The molecule has 2 rings (SSSR count). The van der Waals surface area contributed by atoms with Crippen LogP contribution in [-0.4, -0.2) is 24.0 Å². The first-order chi connectivity index (χ1) is 12.2. The van der Waals surface area contributed by atoms with Gasteiger partial charge in [0.25, 0.3) is 5.91 Å². The smallest absolute Gasteiger partial charge is 0.430 e. The molecule has 1 aliphatic rings. The molecule has 1 aromatic carbocycles.